The van der Waals surface area contributed by atoms with E-state index in [1.165, 1.54) is 69.9 Å². The second kappa shape index (κ2) is 7.57. The minimum absolute atomic E-state index is 0.523. The van der Waals surface area contributed by atoms with Gasteiger partial charge in [0.1, 0.15) is 5.65 Å². The van der Waals surface area contributed by atoms with E-state index in [2.05, 4.69) is 63.4 Å². The van der Waals surface area contributed by atoms with Crippen LogP contribution < -0.4 is 4.90 Å². The number of piperazine rings is 1. The minimum atomic E-state index is 0.523. The van der Waals surface area contributed by atoms with E-state index in [-0.39, 0.29) is 0 Å². The van der Waals surface area contributed by atoms with Crippen LogP contribution in [-0.4, -0.2) is 72.0 Å². The maximum Gasteiger partial charge on any atom is 0.137 e. The molecule has 2 saturated heterocycles. The Labute approximate surface area is 157 Å². The summed E-state index contributed by atoms with van der Waals surface area (Å²) < 4.78 is 2.16. The molecule has 0 bridgehead atoms. The Bertz CT molecular complexity index is 721. The second-order valence-corrected chi connectivity index (χ2v) is 8.50. The zero-order chi connectivity index (χ0) is 18.1. The molecule has 2 aliphatic rings. The smallest absolute Gasteiger partial charge is 0.137 e. The fraction of sp³-hybridized carbons (Fsp3) is 0.667. The van der Waals surface area contributed by atoms with Crippen molar-refractivity contribution in [1.29, 1.82) is 0 Å². The summed E-state index contributed by atoms with van der Waals surface area (Å²) in [6.45, 7) is 13.2. The van der Waals surface area contributed by atoms with E-state index in [4.69, 9.17) is 0 Å². The van der Waals surface area contributed by atoms with Crippen LogP contribution in [-0.2, 0) is 0 Å². The Balaban J connectivity index is 1.41. The molecule has 26 heavy (non-hydrogen) atoms. The summed E-state index contributed by atoms with van der Waals surface area (Å²) >= 11 is 0. The SMILES string of the molecule is CC(C)c1cc2nccn2cc1N1CCC(CN2CCN(C)CC2)CC1. The van der Waals surface area contributed by atoms with Gasteiger partial charge in [-0.3, -0.25) is 0 Å². The van der Waals surface area contributed by atoms with Crippen molar-refractivity contribution in [2.75, 3.05) is 57.8 Å². The van der Waals surface area contributed by atoms with E-state index in [9.17, 15) is 0 Å². The van der Waals surface area contributed by atoms with Crippen molar-refractivity contribution in [1.82, 2.24) is 19.2 Å². The van der Waals surface area contributed by atoms with Gasteiger partial charge in [0.05, 0.1) is 5.69 Å². The fourth-order valence-corrected chi connectivity index (χ4v) is 4.44. The molecule has 0 aliphatic carbocycles. The van der Waals surface area contributed by atoms with Gasteiger partial charge in [0, 0.05) is 64.4 Å². The van der Waals surface area contributed by atoms with Gasteiger partial charge in [-0.2, -0.15) is 0 Å². The van der Waals surface area contributed by atoms with Crippen molar-refractivity contribution in [3.8, 4) is 0 Å². The molecule has 5 heteroatoms. The van der Waals surface area contributed by atoms with Crippen molar-refractivity contribution in [3.05, 3.63) is 30.2 Å². The maximum absolute atomic E-state index is 4.47. The van der Waals surface area contributed by atoms with Crippen LogP contribution in [0.15, 0.2) is 24.7 Å². The van der Waals surface area contributed by atoms with Gasteiger partial charge in [-0.1, -0.05) is 13.8 Å². The molecule has 0 unspecified atom stereocenters. The predicted molar refractivity (Wildman–Crippen MR) is 108 cm³/mol. The summed E-state index contributed by atoms with van der Waals surface area (Å²) in [5.74, 6) is 1.38. The monoisotopic (exact) mass is 355 g/mol. The lowest BCUT2D eigenvalue weighted by atomic mass is 9.94. The van der Waals surface area contributed by atoms with Gasteiger partial charge in [0.2, 0.25) is 0 Å². The van der Waals surface area contributed by atoms with Crippen LogP contribution in [0.4, 0.5) is 5.69 Å². The molecule has 2 aromatic heterocycles. The van der Waals surface area contributed by atoms with E-state index >= 15 is 0 Å². The van der Waals surface area contributed by atoms with E-state index < -0.39 is 0 Å². The molecular formula is C21H33N5. The molecular weight excluding hydrogens is 322 g/mol. The molecule has 0 radical (unpaired) electrons. The van der Waals surface area contributed by atoms with Gasteiger partial charge in [0.15, 0.2) is 0 Å². The summed E-state index contributed by atoms with van der Waals surface area (Å²) in [5.41, 5.74) is 3.90. The lowest BCUT2D eigenvalue weighted by Crippen LogP contribution is -2.47. The molecule has 5 nitrogen and oxygen atoms in total. The fourth-order valence-electron chi connectivity index (χ4n) is 4.44. The number of pyridine rings is 1. The normalized spacial score (nSPS) is 21.2. The highest BCUT2D eigenvalue weighted by atomic mass is 15.2. The molecule has 0 spiro atoms. The van der Waals surface area contributed by atoms with Gasteiger partial charge < -0.3 is 19.1 Å². The van der Waals surface area contributed by atoms with Gasteiger partial charge >= 0.3 is 0 Å². The first-order valence-corrected chi connectivity index (χ1v) is 10.2. The predicted octanol–water partition coefficient (Wildman–Crippen LogP) is 2.92. The third-order valence-corrected chi connectivity index (χ3v) is 6.23. The van der Waals surface area contributed by atoms with Crippen molar-refractivity contribution < 1.29 is 0 Å². The van der Waals surface area contributed by atoms with Gasteiger partial charge in [0.25, 0.3) is 0 Å². The Hall–Kier alpha value is -1.59. The summed E-state index contributed by atoms with van der Waals surface area (Å²) in [5, 5.41) is 0. The summed E-state index contributed by atoms with van der Waals surface area (Å²) in [4.78, 5) is 12.2. The number of anilines is 1. The average Bonchev–Trinajstić information content (AvgIpc) is 3.11. The third-order valence-electron chi connectivity index (χ3n) is 6.23. The number of rotatable bonds is 4. The minimum Gasteiger partial charge on any atom is -0.370 e. The summed E-state index contributed by atoms with van der Waals surface area (Å²) in [6.07, 6.45) is 8.87. The van der Waals surface area contributed by atoms with Gasteiger partial charge in [-0.15, -0.1) is 0 Å². The quantitative estimate of drug-likeness (QED) is 0.843. The number of fused-ring (bicyclic) bond motifs is 1. The van der Waals surface area contributed by atoms with E-state index in [1.54, 1.807) is 0 Å². The zero-order valence-electron chi connectivity index (χ0n) is 16.6. The molecule has 0 N–H and O–H groups in total. The first kappa shape index (κ1) is 17.8. The van der Waals surface area contributed by atoms with Crippen LogP contribution in [0.25, 0.3) is 5.65 Å². The number of aromatic nitrogens is 2. The highest BCUT2D eigenvalue weighted by Crippen LogP contribution is 2.32. The molecule has 4 heterocycles. The molecule has 0 amide bonds. The lowest BCUT2D eigenvalue weighted by molar-refractivity contribution is 0.129. The number of imidazole rings is 1. The van der Waals surface area contributed by atoms with Gasteiger partial charge in [-0.25, -0.2) is 4.98 Å². The van der Waals surface area contributed by atoms with E-state index in [0.29, 0.717) is 5.92 Å². The highest BCUT2D eigenvalue weighted by Gasteiger charge is 2.25. The molecule has 142 valence electrons. The van der Waals surface area contributed by atoms with Crippen LogP contribution in [0.2, 0.25) is 0 Å². The van der Waals surface area contributed by atoms with Crippen LogP contribution in [0, 0.1) is 5.92 Å². The standard InChI is InChI=1S/C21H33N5/c1-17(2)19-14-21-22-6-9-26(21)16-20(19)25-7-4-18(5-8-25)15-24-12-10-23(3)11-13-24/h6,9,14,16-18H,4-5,7-8,10-13,15H2,1-3H3. The second-order valence-electron chi connectivity index (χ2n) is 8.50. The molecule has 4 rings (SSSR count). The Morgan fingerprint density at radius 3 is 2.50 bits per heavy atom. The Morgan fingerprint density at radius 2 is 1.81 bits per heavy atom. The average molecular weight is 356 g/mol. The van der Waals surface area contributed by atoms with Crippen molar-refractivity contribution in [2.45, 2.75) is 32.6 Å². The van der Waals surface area contributed by atoms with Gasteiger partial charge in [-0.05, 0) is 43.4 Å². The topological polar surface area (TPSA) is 27.0 Å². The molecule has 2 aliphatic heterocycles. The maximum atomic E-state index is 4.47. The molecule has 0 atom stereocenters. The van der Waals surface area contributed by atoms with E-state index in [0.717, 1.165) is 11.6 Å². The molecule has 2 fully saturated rings. The lowest BCUT2D eigenvalue weighted by Gasteiger charge is -2.39. The van der Waals surface area contributed by atoms with Crippen molar-refractivity contribution >= 4 is 11.3 Å². The number of piperidine rings is 1. The highest BCUT2D eigenvalue weighted by molar-refractivity contribution is 5.60. The number of hydrogen-bond acceptors (Lipinski definition) is 4. The van der Waals surface area contributed by atoms with Crippen molar-refractivity contribution in [3.63, 3.8) is 0 Å². The molecule has 2 aromatic rings. The zero-order valence-corrected chi connectivity index (χ0v) is 16.6. The van der Waals surface area contributed by atoms with Crippen LogP contribution in [0.5, 0.6) is 0 Å². The van der Waals surface area contributed by atoms with Crippen molar-refractivity contribution in [2.24, 2.45) is 5.92 Å². The first-order chi connectivity index (χ1) is 12.6. The third kappa shape index (κ3) is 3.74. The Kier molecular flexibility index (Phi) is 5.18. The van der Waals surface area contributed by atoms with E-state index in [1.807, 2.05) is 6.20 Å². The number of likely N-dealkylation sites (N-methyl/N-ethyl adjacent to an activating group) is 1. The number of nitrogens with zero attached hydrogens (tertiary/aromatic N) is 5. The van der Waals surface area contributed by atoms with Crippen LogP contribution in [0.3, 0.4) is 0 Å². The number of hydrogen-bond donors (Lipinski definition) is 0. The molecule has 0 saturated carbocycles. The Morgan fingerprint density at radius 1 is 1.08 bits per heavy atom. The summed E-state index contributed by atoms with van der Waals surface area (Å²) in [7, 11) is 2.24. The largest absolute Gasteiger partial charge is 0.370 e. The first-order valence-electron chi connectivity index (χ1n) is 10.2. The van der Waals surface area contributed by atoms with Crippen LogP contribution >= 0.6 is 0 Å². The van der Waals surface area contributed by atoms with Crippen LogP contribution in [0.1, 0.15) is 38.2 Å². The molecule has 0 aromatic carbocycles. The summed E-state index contributed by atoms with van der Waals surface area (Å²) in [6, 6.07) is 2.27.